The fourth-order valence-electron chi connectivity index (χ4n) is 0. The zero-order chi connectivity index (χ0) is 0. The van der Waals surface area contributed by atoms with Crippen molar-refractivity contribution in [3.63, 3.8) is 0 Å². The molecule has 0 atom stereocenters. The van der Waals surface area contributed by atoms with Crippen LogP contribution in [0.3, 0.4) is 0 Å². The fraction of sp³-hybridized carbons (Fsp3) is 0. The van der Waals surface area contributed by atoms with Crippen molar-refractivity contribution in [1.29, 1.82) is 0 Å². The van der Waals surface area contributed by atoms with Crippen LogP contribution in [0.15, 0.2) is 0 Å². The summed E-state index contributed by atoms with van der Waals surface area (Å²) in [7, 11) is 0. The summed E-state index contributed by atoms with van der Waals surface area (Å²) in [6, 6.07) is 0. The molecule has 0 bridgehead atoms. The Balaban J connectivity index is 0. The molecule has 0 unspecified atom stereocenters. The summed E-state index contributed by atoms with van der Waals surface area (Å²) in [6.45, 7) is 0. The van der Waals surface area contributed by atoms with Crippen LogP contribution in [0.25, 0.3) is 0 Å². The molecule has 0 amide bonds. The Kier molecular flexibility index (Phi) is 108. The maximum atomic E-state index is 0. The van der Waals surface area contributed by atoms with Crippen LogP contribution in [0.4, 0.5) is 0 Å². The van der Waals surface area contributed by atoms with Gasteiger partial charge in [0, 0.05) is 77.3 Å². The van der Waals surface area contributed by atoms with Gasteiger partial charge in [-0.15, -0.1) is 0 Å². The quantitative estimate of drug-likeness (QED) is 0.513. The van der Waals surface area contributed by atoms with E-state index in [1.165, 1.54) is 0 Å². The van der Waals surface area contributed by atoms with E-state index in [0.717, 1.165) is 0 Å². The Hall–Kier alpha value is 3.30. The van der Waals surface area contributed by atoms with Crippen molar-refractivity contribution in [2.75, 3.05) is 0 Å². The molecule has 0 aliphatic carbocycles. The summed E-state index contributed by atoms with van der Waals surface area (Å²) in [5.41, 5.74) is 0. The molecule has 0 rings (SSSR count). The second kappa shape index (κ2) is 16.3. The average molecular weight is 323 g/mol. The summed E-state index contributed by atoms with van der Waals surface area (Å²) in [4.78, 5) is 0. The third-order valence-corrected chi connectivity index (χ3v) is 0. The monoisotopic (exact) mass is 323 g/mol. The summed E-state index contributed by atoms with van der Waals surface area (Å²) in [6.07, 6.45) is 0. The summed E-state index contributed by atoms with van der Waals surface area (Å²) in [5.74, 6) is 0. The van der Waals surface area contributed by atoms with Gasteiger partial charge in [-0.3, -0.25) is 0 Å². The first-order valence-corrected chi connectivity index (χ1v) is 0. The molecule has 4 heavy (non-hydrogen) atoms. The molecular weight excluding hydrogens is 319 g/mol. The zero-order valence-corrected chi connectivity index (χ0v) is 10.5. The summed E-state index contributed by atoms with van der Waals surface area (Å²) in [5, 5.41) is 0. The zero-order valence-electron chi connectivity index (χ0n) is 4.28. The minimum Gasteiger partial charge on any atom is -1.00 e. The van der Waals surface area contributed by atoms with Crippen molar-refractivity contribution >= 4 is 23.1 Å². The Morgan fingerprint density at radius 2 is 1.25 bits per heavy atom. The molecule has 0 saturated heterocycles. The number of hydrogen-bond acceptors (Lipinski definition) is 0. The van der Waals surface area contributed by atoms with Crippen molar-refractivity contribution in [1.82, 2.24) is 0 Å². The van der Waals surface area contributed by atoms with E-state index < -0.39 is 0 Å². The van der Waals surface area contributed by atoms with Crippen molar-refractivity contribution in [2.24, 2.45) is 0 Å². The second-order valence-corrected chi connectivity index (χ2v) is 0. The van der Waals surface area contributed by atoms with E-state index in [0.29, 0.717) is 0 Å². The molecule has 0 fully saturated rings. The maximum absolute atomic E-state index is 0. The third-order valence-electron chi connectivity index (χ3n) is 0. The van der Waals surface area contributed by atoms with E-state index in [1.54, 1.807) is 0 Å². The van der Waals surface area contributed by atoms with E-state index >= 15 is 0 Å². The molecule has 0 aliphatic heterocycles. The van der Waals surface area contributed by atoms with Crippen LogP contribution < -0.4 is 0 Å². The minimum absolute atomic E-state index is 0. The van der Waals surface area contributed by atoms with Gasteiger partial charge in [0.15, 0.2) is 0 Å². The van der Waals surface area contributed by atoms with Crippen LogP contribution >= 0.6 is 0 Å². The van der Waals surface area contributed by atoms with Gasteiger partial charge in [0.05, 0.1) is 0 Å². The van der Waals surface area contributed by atoms with Crippen LogP contribution in [-0.2, 0) is 0 Å². The fourth-order valence-corrected chi connectivity index (χ4v) is 0. The second-order valence-electron chi connectivity index (χ2n) is 0. The van der Waals surface area contributed by atoms with Crippen molar-refractivity contribution in [3.8, 4) is 0 Å². The first-order valence-electron chi connectivity index (χ1n) is 0. The SMILES string of the molecule is O.[Ce].[H-].[H-].[La].[Mg+2]. The Labute approximate surface area is 106 Å². The molecule has 1 nitrogen and oxygen atoms in total. The first-order chi connectivity index (χ1) is 0. The van der Waals surface area contributed by atoms with Crippen LogP contribution in [0.2, 0.25) is 0 Å². The van der Waals surface area contributed by atoms with Gasteiger partial charge in [-0.25, -0.2) is 0 Å². The molecule has 0 aromatic carbocycles. The van der Waals surface area contributed by atoms with Crippen LogP contribution in [0.1, 0.15) is 2.85 Å². The topological polar surface area (TPSA) is 31.5 Å². The Morgan fingerprint density at radius 3 is 1.25 bits per heavy atom. The van der Waals surface area contributed by atoms with Gasteiger partial charge in [-0.2, -0.15) is 0 Å². The van der Waals surface area contributed by atoms with E-state index in [2.05, 4.69) is 0 Å². The minimum atomic E-state index is 0. The van der Waals surface area contributed by atoms with Gasteiger partial charge >= 0.3 is 23.1 Å². The average Bonchev–Trinajstić information content (AvgIpc) is 0. The van der Waals surface area contributed by atoms with E-state index in [9.17, 15) is 0 Å². The van der Waals surface area contributed by atoms with Crippen LogP contribution in [0.5, 0.6) is 0 Å². The van der Waals surface area contributed by atoms with Crippen molar-refractivity contribution in [3.05, 3.63) is 0 Å². The predicted octanol–water partition coefficient (Wildman–Crippen LogP) is -0.981. The molecule has 19 valence electrons. The van der Waals surface area contributed by atoms with Gasteiger partial charge in [-0.1, -0.05) is 0 Å². The normalized spacial score (nSPS) is 0. The van der Waals surface area contributed by atoms with Gasteiger partial charge in [0.1, 0.15) is 0 Å². The van der Waals surface area contributed by atoms with E-state index in [-0.39, 0.29) is 109 Å². The van der Waals surface area contributed by atoms with Gasteiger partial charge in [0.2, 0.25) is 0 Å². The molecule has 0 spiro atoms. The van der Waals surface area contributed by atoms with E-state index in [1.807, 2.05) is 0 Å². The predicted molar refractivity (Wildman–Crippen MR) is 11.6 cm³/mol. The summed E-state index contributed by atoms with van der Waals surface area (Å²) < 4.78 is 0. The molecule has 2 N–H and O–H groups in total. The third kappa shape index (κ3) is 9.00. The van der Waals surface area contributed by atoms with Crippen molar-refractivity contribution in [2.45, 2.75) is 0 Å². The molecule has 0 aromatic heterocycles. The molecule has 0 heterocycles. The first kappa shape index (κ1) is 26.6. The molecular formula is H4CeLaMgO. The molecule has 0 aromatic rings. The number of hydrogen-bond donors (Lipinski definition) is 0. The van der Waals surface area contributed by atoms with Gasteiger partial charge in [-0.05, 0) is 0 Å². The van der Waals surface area contributed by atoms with Gasteiger partial charge < -0.3 is 8.33 Å². The molecule has 1 radical (unpaired) electrons. The smallest absolute Gasteiger partial charge is 1.00 e. The van der Waals surface area contributed by atoms with Crippen molar-refractivity contribution < 1.29 is 85.7 Å². The number of rotatable bonds is 0. The van der Waals surface area contributed by atoms with Gasteiger partial charge in [0.25, 0.3) is 0 Å². The maximum Gasteiger partial charge on any atom is 2.00 e. The Bertz CT molecular complexity index is 13.5. The molecule has 0 saturated carbocycles. The largest absolute Gasteiger partial charge is 2.00 e. The van der Waals surface area contributed by atoms with E-state index in [4.69, 9.17) is 0 Å². The molecule has 0 aliphatic rings. The van der Waals surface area contributed by atoms with Crippen LogP contribution in [-0.4, -0.2) is 28.5 Å². The standard InChI is InChI=1S/Ce.La.Mg.H2O.2H/h;;;1H2;;/q;;+2;;2*-1. The van der Waals surface area contributed by atoms with Crippen LogP contribution in [0, 0.1) is 77.3 Å². The molecule has 4 heteroatoms. The summed E-state index contributed by atoms with van der Waals surface area (Å²) >= 11 is 0. The Morgan fingerprint density at radius 1 is 1.25 bits per heavy atom.